The van der Waals surface area contributed by atoms with Crippen LogP contribution in [0.5, 0.6) is 0 Å². The van der Waals surface area contributed by atoms with E-state index in [-0.39, 0.29) is 22.8 Å². The summed E-state index contributed by atoms with van der Waals surface area (Å²) in [6, 6.07) is 4.38. The summed E-state index contributed by atoms with van der Waals surface area (Å²) in [5, 5.41) is 9.85. The standard InChI is InChI=1S/C13H12FN3O2/c1-13(4-5-13)12(18)16-8-2-3-9(10(14)6-8)11-17-15-7-19-11/h2-3,6-7H,4-5H2,1H3,(H,16,18). The maximum atomic E-state index is 13.9. The minimum absolute atomic E-state index is 0.0718. The molecule has 0 bridgehead atoms. The third kappa shape index (κ3) is 2.21. The molecule has 6 heteroatoms. The second-order valence-electron chi connectivity index (χ2n) is 4.95. The molecule has 0 saturated heterocycles. The molecule has 0 aliphatic heterocycles. The Morgan fingerprint density at radius 2 is 2.26 bits per heavy atom. The van der Waals surface area contributed by atoms with Crippen molar-refractivity contribution in [3.63, 3.8) is 0 Å². The van der Waals surface area contributed by atoms with E-state index in [4.69, 9.17) is 4.42 Å². The second kappa shape index (κ2) is 4.15. The highest BCUT2D eigenvalue weighted by atomic mass is 19.1. The number of hydrogen-bond donors (Lipinski definition) is 1. The highest BCUT2D eigenvalue weighted by molar-refractivity contribution is 5.96. The fourth-order valence-corrected chi connectivity index (χ4v) is 1.75. The first kappa shape index (κ1) is 11.8. The van der Waals surface area contributed by atoms with Crippen LogP contribution in [0.3, 0.4) is 0 Å². The van der Waals surface area contributed by atoms with Gasteiger partial charge in [0.15, 0.2) is 0 Å². The van der Waals surface area contributed by atoms with Gasteiger partial charge in [-0.05, 0) is 31.0 Å². The molecule has 5 nitrogen and oxygen atoms in total. The lowest BCUT2D eigenvalue weighted by atomic mass is 10.1. The van der Waals surface area contributed by atoms with Gasteiger partial charge in [0.25, 0.3) is 0 Å². The molecule has 19 heavy (non-hydrogen) atoms. The number of nitrogens with one attached hydrogen (secondary N) is 1. The molecule has 0 unspecified atom stereocenters. The summed E-state index contributed by atoms with van der Waals surface area (Å²) in [4.78, 5) is 11.8. The van der Waals surface area contributed by atoms with Crippen molar-refractivity contribution < 1.29 is 13.6 Å². The number of carbonyl (C=O) groups excluding carboxylic acids is 1. The lowest BCUT2D eigenvalue weighted by molar-refractivity contribution is -0.120. The largest absolute Gasteiger partial charge is 0.423 e. The van der Waals surface area contributed by atoms with Crippen LogP contribution in [0, 0.1) is 11.2 Å². The highest BCUT2D eigenvalue weighted by Crippen LogP contribution is 2.45. The van der Waals surface area contributed by atoms with E-state index in [0.29, 0.717) is 5.69 Å². The Bertz CT molecular complexity index is 621. The number of halogens is 1. The Balaban J connectivity index is 1.82. The highest BCUT2D eigenvalue weighted by Gasteiger charge is 2.44. The molecule has 1 saturated carbocycles. The number of carbonyl (C=O) groups is 1. The fourth-order valence-electron chi connectivity index (χ4n) is 1.75. The van der Waals surface area contributed by atoms with E-state index in [9.17, 15) is 9.18 Å². The van der Waals surface area contributed by atoms with E-state index in [0.717, 1.165) is 19.2 Å². The molecule has 1 amide bonds. The minimum atomic E-state index is -0.511. The van der Waals surface area contributed by atoms with Crippen molar-refractivity contribution in [2.45, 2.75) is 19.8 Å². The minimum Gasteiger partial charge on any atom is -0.423 e. The van der Waals surface area contributed by atoms with Crippen molar-refractivity contribution in [1.82, 2.24) is 10.2 Å². The maximum absolute atomic E-state index is 13.9. The molecule has 1 N–H and O–H groups in total. The van der Waals surface area contributed by atoms with E-state index in [1.807, 2.05) is 6.92 Å². The molecule has 0 atom stereocenters. The predicted molar refractivity (Wildman–Crippen MR) is 65.7 cm³/mol. The second-order valence-corrected chi connectivity index (χ2v) is 4.95. The van der Waals surface area contributed by atoms with Crippen molar-refractivity contribution in [2.24, 2.45) is 5.41 Å². The third-order valence-corrected chi connectivity index (χ3v) is 3.37. The van der Waals surface area contributed by atoms with Crippen LogP contribution in [-0.2, 0) is 4.79 Å². The number of benzene rings is 1. The molecule has 1 aromatic heterocycles. The summed E-state index contributed by atoms with van der Waals surface area (Å²) in [6.45, 7) is 1.89. The molecule has 1 fully saturated rings. The van der Waals surface area contributed by atoms with Gasteiger partial charge >= 0.3 is 0 Å². The zero-order valence-corrected chi connectivity index (χ0v) is 10.3. The first-order valence-electron chi connectivity index (χ1n) is 5.96. The van der Waals surface area contributed by atoms with Gasteiger partial charge in [0.1, 0.15) is 5.82 Å². The molecule has 0 spiro atoms. The van der Waals surface area contributed by atoms with Crippen molar-refractivity contribution in [2.75, 3.05) is 5.32 Å². The number of hydrogen-bond acceptors (Lipinski definition) is 4. The quantitative estimate of drug-likeness (QED) is 0.922. The van der Waals surface area contributed by atoms with Gasteiger partial charge in [-0.25, -0.2) is 4.39 Å². The predicted octanol–water partition coefficient (Wildman–Crippen LogP) is 2.61. The number of aromatic nitrogens is 2. The van der Waals surface area contributed by atoms with Gasteiger partial charge in [0.05, 0.1) is 5.56 Å². The topological polar surface area (TPSA) is 68.0 Å². The van der Waals surface area contributed by atoms with Crippen molar-refractivity contribution in [3.8, 4) is 11.5 Å². The van der Waals surface area contributed by atoms with Gasteiger partial charge in [-0.2, -0.15) is 0 Å². The molecular weight excluding hydrogens is 249 g/mol. The monoisotopic (exact) mass is 261 g/mol. The van der Waals surface area contributed by atoms with Gasteiger partial charge in [0, 0.05) is 11.1 Å². The molecule has 0 radical (unpaired) electrons. The summed E-state index contributed by atoms with van der Waals surface area (Å²) in [7, 11) is 0. The van der Waals surface area contributed by atoms with Crippen LogP contribution < -0.4 is 5.32 Å². The SMILES string of the molecule is CC1(C(=O)Nc2ccc(-c3nnco3)c(F)c2)CC1. The zero-order chi connectivity index (χ0) is 13.5. The summed E-state index contributed by atoms with van der Waals surface area (Å²) in [6.07, 6.45) is 2.89. The third-order valence-electron chi connectivity index (χ3n) is 3.37. The van der Waals surface area contributed by atoms with Gasteiger partial charge in [-0.1, -0.05) is 6.92 Å². The van der Waals surface area contributed by atoms with E-state index >= 15 is 0 Å². The lowest BCUT2D eigenvalue weighted by Crippen LogP contribution is -2.21. The smallest absolute Gasteiger partial charge is 0.250 e. The molecule has 1 aromatic carbocycles. The molecule has 1 aliphatic carbocycles. The number of amides is 1. The lowest BCUT2D eigenvalue weighted by Gasteiger charge is -2.10. The number of rotatable bonds is 3. The van der Waals surface area contributed by atoms with Crippen LogP contribution >= 0.6 is 0 Å². The Morgan fingerprint density at radius 1 is 1.47 bits per heavy atom. The van der Waals surface area contributed by atoms with Gasteiger partial charge in [-0.3, -0.25) is 4.79 Å². The Kier molecular flexibility index (Phi) is 2.58. The Hall–Kier alpha value is -2.24. The van der Waals surface area contributed by atoms with Crippen LogP contribution in [-0.4, -0.2) is 16.1 Å². The van der Waals surface area contributed by atoms with Gasteiger partial charge in [-0.15, -0.1) is 10.2 Å². The first-order chi connectivity index (χ1) is 9.08. The zero-order valence-electron chi connectivity index (χ0n) is 10.3. The van der Waals surface area contributed by atoms with E-state index in [2.05, 4.69) is 15.5 Å². The molecule has 1 heterocycles. The van der Waals surface area contributed by atoms with Crippen LogP contribution in [0.15, 0.2) is 29.0 Å². The number of anilines is 1. The van der Waals surface area contributed by atoms with E-state index in [1.165, 1.54) is 12.1 Å². The summed E-state index contributed by atoms with van der Waals surface area (Å²) < 4.78 is 18.8. The summed E-state index contributed by atoms with van der Waals surface area (Å²) in [5.41, 5.74) is 0.355. The van der Waals surface area contributed by atoms with Crippen LogP contribution in [0.25, 0.3) is 11.5 Å². The fraction of sp³-hybridized carbons (Fsp3) is 0.308. The van der Waals surface area contributed by atoms with Crippen molar-refractivity contribution >= 4 is 11.6 Å². The average Bonchev–Trinajstić information content (AvgIpc) is 2.92. The average molecular weight is 261 g/mol. The molecule has 1 aliphatic rings. The van der Waals surface area contributed by atoms with Crippen LogP contribution in [0.1, 0.15) is 19.8 Å². The molecule has 98 valence electrons. The normalized spacial score (nSPS) is 16.1. The molecule has 2 aromatic rings. The Labute approximate surface area is 108 Å². The van der Waals surface area contributed by atoms with Gasteiger partial charge in [0.2, 0.25) is 18.2 Å². The van der Waals surface area contributed by atoms with Crippen LogP contribution in [0.2, 0.25) is 0 Å². The van der Waals surface area contributed by atoms with E-state index < -0.39 is 5.82 Å². The van der Waals surface area contributed by atoms with Crippen molar-refractivity contribution in [3.05, 3.63) is 30.4 Å². The van der Waals surface area contributed by atoms with Crippen LogP contribution in [0.4, 0.5) is 10.1 Å². The maximum Gasteiger partial charge on any atom is 0.250 e. The van der Waals surface area contributed by atoms with Gasteiger partial charge < -0.3 is 9.73 Å². The molecule has 3 rings (SSSR count). The number of nitrogens with zero attached hydrogens (tertiary/aromatic N) is 2. The summed E-state index contributed by atoms with van der Waals surface area (Å²) in [5.74, 6) is -0.468. The van der Waals surface area contributed by atoms with Crippen molar-refractivity contribution in [1.29, 1.82) is 0 Å². The molecular formula is C13H12FN3O2. The first-order valence-corrected chi connectivity index (χ1v) is 5.96. The Morgan fingerprint density at radius 3 is 2.84 bits per heavy atom. The summed E-state index contributed by atoms with van der Waals surface area (Å²) >= 11 is 0. The van der Waals surface area contributed by atoms with E-state index in [1.54, 1.807) is 6.07 Å².